The first-order valence-corrected chi connectivity index (χ1v) is 7.89. The van der Waals surface area contributed by atoms with Crippen molar-refractivity contribution in [1.82, 2.24) is 9.55 Å². The van der Waals surface area contributed by atoms with Crippen LogP contribution in [0.4, 0.5) is 5.69 Å². The summed E-state index contributed by atoms with van der Waals surface area (Å²) in [6, 6.07) is 12.2. The van der Waals surface area contributed by atoms with E-state index in [2.05, 4.69) is 4.98 Å². The Hall–Kier alpha value is -2.05. The zero-order valence-corrected chi connectivity index (χ0v) is 13.3. The molecule has 0 saturated carbocycles. The molecule has 5 nitrogen and oxygen atoms in total. The van der Waals surface area contributed by atoms with Gasteiger partial charge in [-0.15, -0.1) is 0 Å². The summed E-state index contributed by atoms with van der Waals surface area (Å²) in [7, 11) is 1.94. The van der Waals surface area contributed by atoms with Gasteiger partial charge in [0.15, 0.2) is 5.16 Å². The number of imidazole rings is 1. The summed E-state index contributed by atoms with van der Waals surface area (Å²) in [4.78, 5) is 15.0. The molecule has 3 aromatic rings. The molecular formula is C15H12ClN3O2S. The van der Waals surface area contributed by atoms with Gasteiger partial charge >= 0.3 is 0 Å². The fraction of sp³-hybridized carbons (Fsp3) is 0.133. The topological polar surface area (TPSA) is 61.0 Å². The minimum Gasteiger partial charge on any atom is -0.322 e. The maximum Gasteiger partial charge on any atom is 0.269 e. The minimum atomic E-state index is -0.384. The number of rotatable bonds is 4. The van der Waals surface area contributed by atoms with Crippen LogP contribution >= 0.6 is 23.4 Å². The number of hydrogen-bond donors (Lipinski definition) is 0. The highest BCUT2D eigenvalue weighted by molar-refractivity contribution is 7.98. The van der Waals surface area contributed by atoms with Crippen LogP contribution in [0.2, 0.25) is 5.02 Å². The lowest BCUT2D eigenvalue weighted by molar-refractivity contribution is -0.384. The number of aromatic nitrogens is 2. The Balaban J connectivity index is 1.83. The zero-order chi connectivity index (χ0) is 15.7. The molecule has 0 bridgehead atoms. The molecule has 0 spiro atoms. The van der Waals surface area contributed by atoms with Gasteiger partial charge in [-0.05, 0) is 23.8 Å². The van der Waals surface area contributed by atoms with Gasteiger partial charge in [0.2, 0.25) is 0 Å². The van der Waals surface area contributed by atoms with Crippen LogP contribution in [0, 0.1) is 10.1 Å². The predicted octanol–water partition coefficient (Wildman–Crippen LogP) is 4.43. The number of benzene rings is 2. The van der Waals surface area contributed by atoms with E-state index < -0.39 is 0 Å². The third-order valence-corrected chi connectivity index (χ3v) is 4.63. The summed E-state index contributed by atoms with van der Waals surface area (Å²) in [6.07, 6.45) is 0. The fourth-order valence-corrected chi connectivity index (χ4v) is 3.28. The van der Waals surface area contributed by atoms with Crippen molar-refractivity contribution < 1.29 is 4.92 Å². The van der Waals surface area contributed by atoms with Gasteiger partial charge in [0, 0.05) is 30.0 Å². The maximum absolute atomic E-state index is 10.8. The Kier molecular flexibility index (Phi) is 4.04. The predicted molar refractivity (Wildman–Crippen MR) is 88.4 cm³/mol. The van der Waals surface area contributed by atoms with Crippen molar-refractivity contribution in [2.75, 3.05) is 0 Å². The van der Waals surface area contributed by atoms with E-state index in [0.717, 1.165) is 21.8 Å². The van der Waals surface area contributed by atoms with Crippen LogP contribution in [-0.4, -0.2) is 14.5 Å². The van der Waals surface area contributed by atoms with E-state index in [9.17, 15) is 10.1 Å². The van der Waals surface area contributed by atoms with Crippen LogP contribution < -0.4 is 0 Å². The molecule has 0 atom stereocenters. The standard InChI is InChI=1S/C15H12ClN3O2S/c1-18-14-6-5-11(16)8-13(14)17-15(18)22-9-10-3-2-4-12(7-10)19(20)21/h2-8H,9H2,1H3. The second-order valence-electron chi connectivity index (χ2n) is 4.80. The van der Waals surface area contributed by atoms with E-state index in [1.165, 1.54) is 17.8 Å². The molecule has 0 saturated heterocycles. The number of nitrogens with zero attached hydrogens (tertiary/aromatic N) is 3. The highest BCUT2D eigenvalue weighted by Crippen LogP contribution is 2.28. The summed E-state index contributed by atoms with van der Waals surface area (Å²) in [5, 5.41) is 12.3. The number of hydrogen-bond acceptors (Lipinski definition) is 4. The van der Waals surface area contributed by atoms with Gasteiger partial charge in [0.25, 0.3) is 5.69 Å². The normalized spacial score (nSPS) is 11.0. The Morgan fingerprint density at radius 1 is 1.32 bits per heavy atom. The van der Waals surface area contributed by atoms with E-state index in [-0.39, 0.29) is 10.6 Å². The number of aryl methyl sites for hydroxylation is 1. The van der Waals surface area contributed by atoms with Crippen molar-refractivity contribution in [1.29, 1.82) is 0 Å². The summed E-state index contributed by atoms with van der Waals surface area (Å²) >= 11 is 7.52. The second-order valence-corrected chi connectivity index (χ2v) is 6.18. The smallest absolute Gasteiger partial charge is 0.269 e. The molecule has 3 rings (SSSR count). The van der Waals surface area contributed by atoms with Gasteiger partial charge in [0.1, 0.15) is 0 Å². The van der Waals surface area contributed by atoms with Crippen molar-refractivity contribution in [3.8, 4) is 0 Å². The van der Waals surface area contributed by atoms with Crippen molar-refractivity contribution in [2.24, 2.45) is 7.05 Å². The molecule has 0 N–H and O–H groups in total. The number of fused-ring (bicyclic) bond motifs is 1. The zero-order valence-electron chi connectivity index (χ0n) is 11.7. The summed E-state index contributed by atoms with van der Waals surface area (Å²) < 4.78 is 1.99. The molecule has 0 aliphatic carbocycles. The van der Waals surface area contributed by atoms with Crippen LogP contribution in [0.5, 0.6) is 0 Å². The maximum atomic E-state index is 10.8. The average molecular weight is 334 g/mol. The van der Waals surface area contributed by atoms with Crippen LogP contribution in [0.1, 0.15) is 5.56 Å². The first-order valence-electron chi connectivity index (χ1n) is 6.53. The Morgan fingerprint density at radius 2 is 2.14 bits per heavy atom. The summed E-state index contributed by atoms with van der Waals surface area (Å²) in [5.41, 5.74) is 2.85. The van der Waals surface area contributed by atoms with E-state index in [1.807, 2.05) is 35.9 Å². The first kappa shape index (κ1) is 14.9. The first-order chi connectivity index (χ1) is 10.5. The van der Waals surface area contributed by atoms with Gasteiger partial charge in [-0.1, -0.05) is 35.5 Å². The van der Waals surface area contributed by atoms with Crippen LogP contribution in [0.25, 0.3) is 11.0 Å². The van der Waals surface area contributed by atoms with E-state index in [0.29, 0.717) is 10.8 Å². The molecular weight excluding hydrogens is 322 g/mol. The number of thioether (sulfide) groups is 1. The highest BCUT2D eigenvalue weighted by Gasteiger charge is 2.10. The highest BCUT2D eigenvalue weighted by atomic mass is 35.5. The Bertz CT molecular complexity index is 863. The molecule has 0 aliphatic rings. The Morgan fingerprint density at radius 3 is 2.91 bits per heavy atom. The fourth-order valence-electron chi connectivity index (χ4n) is 2.19. The second kappa shape index (κ2) is 5.98. The third-order valence-electron chi connectivity index (χ3n) is 3.29. The Labute approximate surface area is 136 Å². The van der Waals surface area contributed by atoms with Crippen LogP contribution in [-0.2, 0) is 12.8 Å². The minimum absolute atomic E-state index is 0.106. The third kappa shape index (κ3) is 2.93. The quantitative estimate of drug-likeness (QED) is 0.402. The van der Waals surface area contributed by atoms with Crippen molar-refractivity contribution in [2.45, 2.75) is 10.9 Å². The number of nitro groups is 1. The van der Waals surface area contributed by atoms with Crippen molar-refractivity contribution in [3.05, 3.63) is 63.2 Å². The molecule has 1 aromatic heterocycles. The lowest BCUT2D eigenvalue weighted by Crippen LogP contribution is -1.92. The summed E-state index contributed by atoms with van der Waals surface area (Å²) in [5.74, 6) is 0.618. The molecule has 112 valence electrons. The van der Waals surface area contributed by atoms with Crippen molar-refractivity contribution >= 4 is 40.1 Å². The molecule has 0 unspecified atom stereocenters. The van der Waals surface area contributed by atoms with E-state index >= 15 is 0 Å². The average Bonchev–Trinajstić information content (AvgIpc) is 2.81. The number of halogens is 1. The lowest BCUT2D eigenvalue weighted by atomic mass is 10.2. The molecule has 1 heterocycles. The number of non-ortho nitro benzene ring substituents is 1. The molecule has 22 heavy (non-hydrogen) atoms. The molecule has 7 heteroatoms. The molecule has 2 aromatic carbocycles. The van der Waals surface area contributed by atoms with Gasteiger partial charge < -0.3 is 4.57 Å². The van der Waals surface area contributed by atoms with Gasteiger partial charge in [-0.2, -0.15) is 0 Å². The molecule has 0 aliphatic heterocycles. The van der Waals surface area contributed by atoms with Gasteiger partial charge in [-0.3, -0.25) is 10.1 Å². The van der Waals surface area contributed by atoms with Gasteiger partial charge in [0.05, 0.1) is 16.0 Å². The summed E-state index contributed by atoms with van der Waals surface area (Å²) in [6.45, 7) is 0. The SMILES string of the molecule is Cn1c(SCc2cccc([N+](=O)[O-])c2)nc2cc(Cl)ccc21. The molecule has 0 radical (unpaired) electrons. The van der Waals surface area contributed by atoms with Crippen LogP contribution in [0.15, 0.2) is 47.6 Å². The van der Waals surface area contributed by atoms with Crippen molar-refractivity contribution in [3.63, 3.8) is 0 Å². The molecule has 0 amide bonds. The number of nitro benzene ring substituents is 1. The van der Waals surface area contributed by atoms with Crippen LogP contribution in [0.3, 0.4) is 0 Å². The monoisotopic (exact) mass is 333 g/mol. The van der Waals surface area contributed by atoms with E-state index in [1.54, 1.807) is 12.1 Å². The lowest BCUT2D eigenvalue weighted by Gasteiger charge is -2.02. The largest absolute Gasteiger partial charge is 0.322 e. The van der Waals surface area contributed by atoms with Gasteiger partial charge in [-0.25, -0.2) is 4.98 Å². The molecule has 0 fully saturated rings. The van der Waals surface area contributed by atoms with E-state index in [4.69, 9.17) is 11.6 Å².